The molecule has 3 aromatic rings. The maximum Gasteiger partial charge on any atom is 0.269 e. The number of anilines is 2. The summed E-state index contributed by atoms with van der Waals surface area (Å²) in [6.07, 6.45) is 0. The number of aryl methyl sites for hydroxylation is 2. The summed E-state index contributed by atoms with van der Waals surface area (Å²) in [5, 5.41) is 2.89. The summed E-state index contributed by atoms with van der Waals surface area (Å²) in [6.45, 7) is 4.04. The summed E-state index contributed by atoms with van der Waals surface area (Å²) < 4.78 is 2.26. The molecule has 0 radical (unpaired) electrons. The average molecular weight is 355 g/mol. The molecule has 0 fully saturated rings. The highest BCUT2D eigenvalue weighted by molar-refractivity contribution is 7.73. The molecule has 4 nitrogen and oxygen atoms in total. The Balaban J connectivity index is 1.94. The van der Waals surface area contributed by atoms with Gasteiger partial charge in [0.25, 0.3) is 5.91 Å². The molecule has 1 heterocycles. The Morgan fingerprint density at radius 2 is 1.83 bits per heavy atom. The predicted octanol–water partition coefficient (Wildman–Crippen LogP) is 4.72. The lowest BCUT2D eigenvalue weighted by atomic mass is 10.1. The molecule has 0 aliphatic carbocycles. The Labute approximate surface area is 149 Å². The minimum atomic E-state index is -0.249. The third-order valence-corrected chi connectivity index (χ3v) is 5.22. The van der Waals surface area contributed by atoms with E-state index in [0.717, 1.165) is 16.9 Å². The van der Waals surface area contributed by atoms with Crippen LogP contribution in [-0.2, 0) is 0 Å². The predicted molar refractivity (Wildman–Crippen MR) is 103 cm³/mol. The second-order valence-corrected chi connectivity index (χ2v) is 7.15. The van der Waals surface area contributed by atoms with Gasteiger partial charge in [-0.05, 0) is 61.5 Å². The van der Waals surface area contributed by atoms with Crippen LogP contribution in [-0.4, -0.2) is 10.5 Å². The van der Waals surface area contributed by atoms with Crippen LogP contribution in [0.5, 0.6) is 0 Å². The molecule has 0 unspecified atom stereocenters. The van der Waals surface area contributed by atoms with Crippen LogP contribution in [0.1, 0.15) is 20.8 Å². The zero-order valence-corrected chi connectivity index (χ0v) is 15.0. The zero-order valence-electron chi connectivity index (χ0n) is 13.4. The van der Waals surface area contributed by atoms with Gasteiger partial charge in [-0.3, -0.25) is 9.36 Å². The van der Waals surface area contributed by atoms with Crippen LogP contribution in [0.3, 0.4) is 0 Å². The van der Waals surface area contributed by atoms with Crippen molar-refractivity contribution in [1.82, 2.24) is 4.57 Å². The van der Waals surface area contributed by atoms with Gasteiger partial charge in [-0.2, -0.15) is 0 Å². The van der Waals surface area contributed by atoms with Gasteiger partial charge in [0.15, 0.2) is 3.95 Å². The molecule has 0 saturated heterocycles. The summed E-state index contributed by atoms with van der Waals surface area (Å²) in [5.74, 6) is 0.110. The first-order valence-corrected chi connectivity index (χ1v) is 8.65. The summed E-state index contributed by atoms with van der Waals surface area (Å²) in [6, 6.07) is 15.3. The molecule has 122 valence electrons. The summed E-state index contributed by atoms with van der Waals surface area (Å²) in [5.41, 5.74) is 10.1. The van der Waals surface area contributed by atoms with Crippen molar-refractivity contribution in [3.63, 3.8) is 0 Å². The summed E-state index contributed by atoms with van der Waals surface area (Å²) >= 11 is 6.60. The number of aromatic nitrogens is 1. The van der Waals surface area contributed by atoms with E-state index in [0.29, 0.717) is 14.6 Å². The standard InChI is InChI=1S/C18H17N3OS2/c1-11-8-9-13(10-12(11)2)20-17(22)15-16(19)21(18(23)24-15)14-6-4-3-5-7-14/h3-10H,19H2,1-2H3,(H,20,22). The maximum atomic E-state index is 12.6. The van der Waals surface area contributed by atoms with Crippen molar-refractivity contribution in [3.8, 4) is 5.69 Å². The molecule has 0 atom stereocenters. The number of nitrogens with two attached hydrogens (primary N) is 1. The first-order valence-electron chi connectivity index (χ1n) is 7.42. The van der Waals surface area contributed by atoms with Crippen LogP contribution >= 0.6 is 23.6 Å². The average Bonchev–Trinajstić information content (AvgIpc) is 2.86. The number of para-hydroxylation sites is 1. The van der Waals surface area contributed by atoms with Gasteiger partial charge in [-0.15, -0.1) is 0 Å². The Hall–Kier alpha value is -2.44. The van der Waals surface area contributed by atoms with Crippen molar-refractivity contribution in [1.29, 1.82) is 0 Å². The highest BCUT2D eigenvalue weighted by atomic mass is 32.1. The van der Waals surface area contributed by atoms with E-state index in [1.165, 1.54) is 16.9 Å². The minimum Gasteiger partial charge on any atom is -0.383 e. The number of carbonyl (C=O) groups is 1. The Kier molecular flexibility index (Phi) is 4.51. The molecule has 0 aliphatic heterocycles. The smallest absolute Gasteiger partial charge is 0.269 e. The van der Waals surface area contributed by atoms with E-state index in [9.17, 15) is 4.79 Å². The van der Waals surface area contributed by atoms with E-state index in [1.807, 2.05) is 62.4 Å². The minimum absolute atomic E-state index is 0.249. The topological polar surface area (TPSA) is 60.0 Å². The van der Waals surface area contributed by atoms with Gasteiger partial charge in [-0.1, -0.05) is 35.6 Å². The molecular formula is C18H17N3OS2. The molecule has 3 N–H and O–H groups in total. The van der Waals surface area contributed by atoms with Crippen molar-refractivity contribution in [2.45, 2.75) is 13.8 Å². The number of amides is 1. The van der Waals surface area contributed by atoms with E-state index >= 15 is 0 Å². The number of hydrogen-bond donors (Lipinski definition) is 2. The van der Waals surface area contributed by atoms with Crippen molar-refractivity contribution in [2.75, 3.05) is 11.1 Å². The molecule has 6 heteroatoms. The molecule has 3 rings (SSSR count). The largest absolute Gasteiger partial charge is 0.383 e. The van der Waals surface area contributed by atoms with Gasteiger partial charge in [0.05, 0.1) is 0 Å². The van der Waals surface area contributed by atoms with Crippen LogP contribution in [0.25, 0.3) is 5.69 Å². The first-order chi connectivity index (χ1) is 11.5. The fourth-order valence-corrected chi connectivity index (χ4v) is 3.64. The monoisotopic (exact) mass is 355 g/mol. The van der Waals surface area contributed by atoms with Crippen molar-refractivity contribution < 1.29 is 4.79 Å². The molecule has 2 aromatic carbocycles. The van der Waals surface area contributed by atoms with Crippen molar-refractivity contribution >= 4 is 41.0 Å². The lowest BCUT2D eigenvalue weighted by Gasteiger charge is -2.08. The number of carbonyl (C=O) groups excluding carboxylic acids is 1. The molecule has 1 amide bonds. The molecule has 1 aromatic heterocycles. The normalized spacial score (nSPS) is 10.6. The first kappa shape index (κ1) is 16.4. The summed E-state index contributed by atoms with van der Waals surface area (Å²) in [4.78, 5) is 13.0. The molecular weight excluding hydrogens is 338 g/mol. The zero-order chi connectivity index (χ0) is 17.3. The second-order valence-electron chi connectivity index (χ2n) is 5.51. The van der Waals surface area contributed by atoms with Crippen molar-refractivity contribution in [2.24, 2.45) is 0 Å². The van der Waals surface area contributed by atoms with E-state index in [-0.39, 0.29) is 5.91 Å². The second kappa shape index (κ2) is 6.59. The number of nitrogens with one attached hydrogen (secondary N) is 1. The van der Waals surface area contributed by atoms with E-state index in [4.69, 9.17) is 18.0 Å². The van der Waals surface area contributed by atoms with E-state index in [1.54, 1.807) is 4.57 Å². The van der Waals surface area contributed by atoms with Gasteiger partial charge in [0.1, 0.15) is 10.7 Å². The lowest BCUT2D eigenvalue weighted by Crippen LogP contribution is -2.13. The number of rotatable bonds is 3. The van der Waals surface area contributed by atoms with Gasteiger partial charge in [0.2, 0.25) is 0 Å². The van der Waals surface area contributed by atoms with E-state index < -0.39 is 0 Å². The fourth-order valence-electron chi connectivity index (χ4n) is 2.38. The maximum absolute atomic E-state index is 12.6. The Morgan fingerprint density at radius 3 is 2.50 bits per heavy atom. The van der Waals surface area contributed by atoms with Crippen LogP contribution in [0, 0.1) is 17.8 Å². The third kappa shape index (κ3) is 3.11. The Bertz CT molecular complexity index is 958. The molecule has 0 saturated carbocycles. The summed E-state index contributed by atoms with van der Waals surface area (Å²) in [7, 11) is 0. The number of nitrogen functional groups attached to an aromatic ring is 1. The van der Waals surface area contributed by atoms with Gasteiger partial charge < -0.3 is 11.1 Å². The highest BCUT2D eigenvalue weighted by Crippen LogP contribution is 2.27. The Morgan fingerprint density at radius 1 is 1.12 bits per heavy atom. The van der Waals surface area contributed by atoms with Gasteiger partial charge in [-0.25, -0.2) is 0 Å². The van der Waals surface area contributed by atoms with Crippen LogP contribution in [0.2, 0.25) is 0 Å². The molecule has 0 spiro atoms. The number of thiazole rings is 1. The molecule has 0 bridgehead atoms. The number of hydrogen-bond acceptors (Lipinski definition) is 4. The number of nitrogens with zero attached hydrogens (tertiary/aromatic N) is 1. The van der Waals surface area contributed by atoms with Crippen molar-refractivity contribution in [3.05, 3.63) is 68.5 Å². The molecule has 0 aliphatic rings. The lowest BCUT2D eigenvalue weighted by molar-refractivity contribution is 0.103. The van der Waals surface area contributed by atoms with E-state index in [2.05, 4.69) is 5.32 Å². The molecule has 24 heavy (non-hydrogen) atoms. The third-order valence-electron chi connectivity index (χ3n) is 3.83. The van der Waals surface area contributed by atoms with Crippen LogP contribution < -0.4 is 11.1 Å². The fraction of sp³-hybridized carbons (Fsp3) is 0.111. The highest BCUT2D eigenvalue weighted by Gasteiger charge is 2.18. The number of benzene rings is 2. The SMILES string of the molecule is Cc1ccc(NC(=O)c2sc(=S)n(-c3ccccc3)c2N)cc1C. The van der Waals surface area contributed by atoms with Gasteiger partial charge >= 0.3 is 0 Å². The van der Waals surface area contributed by atoms with Crippen LogP contribution in [0.15, 0.2) is 48.5 Å². The quantitative estimate of drug-likeness (QED) is 0.668. The van der Waals surface area contributed by atoms with Crippen LogP contribution in [0.4, 0.5) is 11.5 Å². The van der Waals surface area contributed by atoms with Gasteiger partial charge in [0, 0.05) is 11.4 Å².